The first-order valence-electron chi connectivity index (χ1n) is 12.1. The van der Waals surface area contributed by atoms with Gasteiger partial charge in [-0.1, -0.05) is 69.1 Å². The lowest BCUT2D eigenvalue weighted by molar-refractivity contribution is 0.304. The zero-order valence-corrected chi connectivity index (χ0v) is 19.1. The molecule has 0 heterocycles. The van der Waals surface area contributed by atoms with Crippen LogP contribution in [0, 0.1) is 35.4 Å². The van der Waals surface area contributed by atoms with Gasteiger partial charge in [-0.05, 0) is 79.3 Å². The van der Waals surface area contributed by atoms with Gasteiger partial charge >= 0.3 is 0 Å². The van der Waals surface area contributed by atoms with Gasteiger partial charge in [-0.25, -0.2) is 4.39 Å². The van der Waals surface area contributed by atoms with Crippen LogP contribution in [-0.2, 0) is 6.42 Å². The van der Waals surface area contributed by atoms with E-state index >= 15 is 0 Å². The topological polar surface area (TPSA) is 0 Å². The average molecular weight is 415 g/mol. The molecule has 1 fully saturated rings. The van der Waals surface area contributed by atoms with E-state index in [0.717, 1.165) is 48.3 Å². The van der Waals surface area contributed by atoms with Crippen LogP contribution in [0.5, 0.6) is 0 Å². The van der Waals surface area contributed by atoms with E-state index in [-0.39, 0.29) is 5.82 Å². The fourth-order valence-corrected chi connectivity index (χ4v) is 4.47. The van der Waals surface area contributed by atoms with E-state index in [9.17, 15) is 4.39 Å². The number of rotatable bonds is 6. The van der Waals surface area contributed by atoms with Gasteiger partial charge in [0.25, 0.3) is 0 Å². The van der Waals surface area contributed by atoms with Crippen LogP contribution in [0.4, 0.5) is 4.39 Å². The molecular weight excluding hydrogens is 379 g/mol. The fraction of sp³-hybridized carbons (Fsp3) is 0.467. The van der Waals surface area contributed by atoms with Crippen LogP contribution < -0.4 is 0 Å². The molecule has 31 heavy (non-hydrogen) atoms. The van der Waals surface area contributed by atoms with Gasteiger partial charge in [-0.15, -0.1) is 5.92 Å². The molecule has 0 radical (unpaired) electrons. The molecule has 1 saturated carbocycles. The SMILES string of the molecule is CCCCC#CCc1ccc(C#Cc2ccc(C3CCC(CCC)CC3)c(F)c2)cc1. The predicted molar refractivity (Wildman–Crippen MR) is 129 cm³/mol. The quantitative estimate of drug-likeness (QED) is 0.331. The third-order valence-electron chi connectivity index (χ3n) is 6.36. The van der Waals surface area contributed by atoms with Gasteiger partial charge in [0.2, 0.25) is 0 Å². The first-order valence-corrected chi connectivity index (χ1v) is 12.1. The molecule has 0 nitrogen and oxygen atoms in total. The molecule has 1 heteroatoms. The summed E-state index contributed by atoms with van der Waals surface area (Å²) in [7, 11) is 0. The highest BCUT2D eigenvalue weighted by Crippen LogP contribution is 2.38. The van der Waals surface area contributed by atoms with Crippen LogP contribution >= 0.6 is 0 Å². The van der Waals surface area contributed by atoms with Gasteiger partial charge < -0.3 is 0 Å². The van der Waals surface area contributed by atoms with Crippen molar-refractivity contribution in [1.29, 1.82) is 0 Å². The Morgan fingerprint density at radius 3 is 2.23 bits per heavy atom. The zero-order valence-electron chi connectivity index (χ0n) is 19.1. The van der Waals surface area contributed by atoms with Crippen molar-refractivity contribution in [3.8, 4) is 23.7 Å². The molecule has 0 amide bonds. The minimum Gasteiger partial charge on any atom is -0.207 e. The molecule has 3 rings (SSSR count). The molecule has 0 atom stereocenters. The first-order chi connectivity index (χ1) is 15.2. The lowest BCUT2D eigenvalue weighted by Gasteiger charge is -2.28. The highest BCUT2D eigenvalue weighted by Gasteiger charge is 2.23. The lowest BCUT2D eigenvalue weighted by Crippen LogP contribution is -2.14. The lowest BCUT2D eigenvalue weighted by atomic mass is 9.77. The van der Waals surface area contributed by atoms with Crippen LogP contribution in [0.2, 0.25) is 0 Å². The van der Waals surface area contributed by atoms with E-state index in [1.54, 1.807) is 6.07 Å². The highest BCUT2D eigenvalue weighted by atomic mass is 19.1. The average Bonchev–Trinajstić information content (AvgIpc) is 2.79. The Morgan fingerprint density at radius 2 is 1.55 bits per heavy atom. The zero-order chi connectivity index (χ0) is 21.9. The fourth-order valence-electron chi connectivity index (χ4n) is 4.47. The summed E-state index contributed by atoms with van der Waals surface area (Å²) in [5, 5.41) is 0. The van der Waals surface area contributed by atoms with Crippen molar-refractivity contribution in [2.45, 2.75) is 84.0 Å². The maximum absolute atomic E-state index is 14.8. The van der Waals surface area contributed by atoms with Gasteiger partial charge in [0.1, 0.15) is 5.82 Å². The molecule has 0 spiro atoms. The minimum absolute atomic E-state index is 0.0947. The van der Waals surface area contributed by atoms with Crippen molar-refractivity contribution < 1.29 is 4.39 Å². The largest absolute Gasteiger partial charge is 0.207 e. The summed E-state index contributed by atoms with van der Waals surface area (Å²) in [6.07, 6.45) is 11.4. The minimum atomic E-state index is -0.0947. The molecule has 1 aliphatic rings. The highest BCUT2D eigenvalue weighted by molar-refractivity contribution is 5.45. The number of benzene rings is 2. The van der Waals surface area contributed by atoms with Crippen LogP contribution in [0.3, 0.4) is 0 Å². The van der Waals surface area contributed by atoms with Crippen molar-refractivity contribution in [2.24, 2.45) is 5.92 Å². The Bertz CT molecular complexity index is 938. The summed E-state index contributed by atoms with van der Waals surface area (Å²) in [4.78, 5) is 0. The molecule has 0 N–H and O–H groups in total. The van der Waals surface area contributed by atoms with Crippen LogP contribution in [0.1, 0.15) is 99.8 Å². The summed E-state index contributed by atoms with van der Waals surface area (Å²) in [5.41, 5.74) is 3.77. The molecule has 0 saturated heterocycles. The second kappa shape index (κ2) is 12.4. The molecule has 0 aromatic heterocycles. The Morgan fingerprint density at radius 1 is 0.839 bits per heavy atom. The smallest absolute Gasteiger partial charge is 0.127 e. The molecule has 0 aliphatic heterocycles. The molecule has 0 bridgehead atoms. The first kappa shape index (κ1) is 23.2. The van der Waals surface area contributed by atoms with Crippen LogP contribution in [0.15, 0.2) is 42.5 Å². The normalized spacial score (nSPS) is 17.9. The van der Waals surface area contributed by atoms with E-state index in [0.29, 0.717) is 5.92 Å². The summed E-state index contributed by atoms with van der Waals surface area (Å²) < 4.78 is 14.8. The number of hydrogen-bond donors (Lipinski definition) is 0. The van der Waals surface area contributed by atoms with Gasteiger partial charge in [0, 0.05) is 24.0 Å². The number of hydrogen-bond acceptors (Lipinski definition) is 0. The third kappa shape index (κ3) is 7.29. The maximum Gasteiger partial charge on any atom is 0.127 e. The monoisotopic (exact) mass is 414 g/mol. The van der Waals surface area contributed by atoms with E-state index < -0.39 is 0 Å². The molecule has 2 aromatic carbocycles. The maximum atomic E-state index is 14.8. The van der Waals surface area contributed by atoms with Crippen LogP contribution in [0.25, 0.3) is 0 Å². The van der Waals surface area contributed by atoms with Gasteiger partial charge in [0.15, 0.2) is 0 Å². The molecular formula is C30H35F. The van der Waals surface area contributed by atoms with Crippen molar-refractivity contribution in [2.75, 3.05) is 0 Å². The summed E-state index contributed by atoms with van der Waals surface area (Å²) in [6.45, 7) is 4.44. The van der Waals surface area contributed by atoms with E-state index in [1.807, 2.05) is 24.3 Å². The van der Waals surface area contributed by atoms with Crippen LogP contribution in [-0.4, -0.2) is 0 Å². The van der Waals surface area contributed by atoms with Crippen molar-refractivity contribution in [3.63, 3.8) is 0 Å². The van der Waals surface area contributed by atoms with Crippen molar-refractivity contribution >= 4 is 0 Å². The third-order valence-corrected chi connectivity index (χ3v) is 6.36. The van der Waals surface area contributed by atoms with E-state index in [1.165, 1.54) is 44.1 Å². The second-order valence-electron chi connectivity index (χ2n) is 8.82. The standard InChI is InChI=1S/C30H35F/c1-3-5-6-7-8-10-25-11-13-26(14-12-25)15-16-27-19-22-29(30(31)23-27)28-20-17-24(9-4-2)18-21-28/h11-14,19,22-24,28H,3-6,9-10,17-18,20-21H2,1-2H3. The van der Waals surface area contributed by atoms with E-state index in [4.69, 9.17) is 0 Å². The Labute approximate surface area is 188 Å². The second-order valence-corrected chi connectivity index (χ2v) is 8.82. The predicted octanol–water partition coefficient (Wildman–Crippen LogP) is 8.04. The molecule has 162 valence electrons. The molecule has 1 aliphatic carbocycles. The Balaban J connectivity index is 1.57. The van der Waals surface area contributed by atoms with E-state index in [2.05, 4.69) is 49.7 Å². The van der Waals surface area contributed by atoms with Crippen molar-refractivity contribution in [1.82, 2.24) is 0 Å². The summed E-state index contributed by atoms with van der Waals surface area (Å²) in [6, 6.07) is 13.8. The number of halogens is 1. The Kier molecular flexibility index (Phi) is 9.24. The van der Waals surface area contributed by atoms with Crippen molar-refractivity contribution in [3.05, 3.63) is 70.5 Å². The number of unbranched alkanes of at least 4 members (excludes halogenated alkanes) is 2. The summed E-state index contributed by atoms with van der Waals surface area (Å²) >= 11 is 0. The molecule has 2 aromatic rings. The summed E-state index contributed by atoms with van der Waals surface area (Å²) in [5.74, 6) is 13.9. The van der Waals surface area contributed by atoms with Gasteiger partial charge in [-0.2, -0.15) is 0 Å². The van der Waals surface area contributed by atoms with Gasteiger partial charge in [0.05, 0.1) is 0 Å². The van der Waals surface area contributed by atoms with Gasteiger partial charge in [-0.3, -0.25) is 0 Å². The Hall–Kier alpha value is -2.51. The molecule has 0 unspecified atom stereocenters.